The van der Waals surface area contributed by atoms with Crippen LogP contribution in [0.3, 0.4) is 0 Å². The second-order valence-corrected chi connectivity index (χ2v) is 9.06. The fraction of sp³-hybridized carbons (Fsp3) is 0.550. The Bertz CT molecular complexity index is 843. The summed E-state index contributed by atoms with van der Waals surface area (Å²) in [5.74, 6) is -1.15. The second kappa shape index (κ2) is 5.31. The number of carboxylic acid groups (broad SMARTS) is 1. The van der Waals surface area contributed by atoms with Gasteiger partial charge in [0.1, 0.15) is 11.9 Å². The Hall–Kier alpha value is -1.88. The SMILES string of the molecule is CC1(C)CC2CC(C)(CN2C(C(=O)O)c2c[nH]c3cc(F)ccc23)C1. The third kappa shape index (κ3) is 2.74. The molecule has 3 unspecified atom stereocenters. The van der Waals surface area contributed by atoms with Gasteiger partial charge in [-0.15, -0.1) is 0 Å². The highest BCUT2D eigenvalue weighted by Crippen LogP contribution is 2.54. The number of carbonyl (C=O) groups is 1. The van der Waals surface area contributed by atoms with Crippen molar-refractivity contribution in [1.82, 2.24) is 9.88 Å². The lowest BCUT2D eigenvalue weighted by molar-refractivity contribution is -0.144. The van der Waals surface area contributed by atoms with Gasteiger partial charge < -0.3 is 10.1 Å². The number of benzene rings is 1. The van der Waals surface area contributed by atoms with Crippen LogP contribution in [0.15, 0.2) is 24.4 Å². The van der Waals surface area contributed by atoms with Crippen molar-refractivity contribution < 1.29 is 14.3 Å². The van der Waals surface area contributed by atoms with Crippen LogP contribution in [-0.2, 0) is 4.79 Å². The minimum atomic E-state index is -0.834. The number of halogens is 1. The molecule has 2 heterocycles. The maximum Gasteiger partial charge on any atom is 0.325 e. The standard InChI is InChI=1S/C20H25FN2O2/c1-19(2)7-13-8-20(3,10-19)11-23(13)17(18(24)25)15-9-22-16-6-12(21)4-5-14(15)16/h4-6,9,13,17,22H,7-8,10-11H2,1-3H3,(H,24,25). The predicted molar refractivity (Wildman–Crippen MR) is 94.9 cm³/mol. The van der Waals surface area contributed by atoms with E-state index >= 15 is 0 Å². The smallest absolute Gasteiger partial charge is 0.325 e. The van der Waals surface area contributed by atoms with Crippen LogP contribution in [0.25, 0.3) is 10.9 Å². The first-order valence-electron chi connectivity index (χ1n) is 8.93. The molecule has 2 N–H and O–H groups in total. The number of fused-ring (bicyclic) bond motifs is 3. The minimum absolute atomic E-state index is 0.165. The topological polar surface area (TPSA) is 56.3 Å². The van der Waals surface area contributed by atoms with Gasteiger partial charge in [0.25, 0.3) is 0 Å². The summed E-state index contributed by atoms with van der Waals surface area (Å²) >= 11 is 0. The molecular formula is C20H25FN2O2. The number of carboxylic acids is 1. The number of likely N-dealkylation sites (tertiary alicyclic amines) is 1. The van der Waals surface area contributed by atoms with Crippen LogP contribution in [0.5, 0.6) is 0 Å². The van der Waals surface area contributed by atoms with Crippen molar-refractivity contribution in [3.63, 3.8) is 0 Å². The van der Waals surface area contributed by atoms with E-state index in [-0.39, 0.29) is 22.7 Å². The molecule has 134 valence electrons. The zero-order valence-corrected chi connectivity index (χ0v) is 15.0. The van der Waals surface area contributed by atoms with E-state index in [1.807, 2.05) is 0 Å². The van der Waals surface area contributed by atoms with Crippen molar-refractivity contribution in [3.05, 3.63) is 35.8 Å². The van der Waals surface area contributed by atoms with Crippen LogP contribution < -0.4 is 0 Å². The average molecular weight is 344 g/mol. The summed E-state index contributed by atoms with van der Waals surface area (Å²) in [6, 6.07) is 4.08. The van der Waals surface area contributed by atoms with Gasteiger partial charge in [0, 0.05) is 35.2 Å². The molecule has 1 aromatic heterocycles. The number of aromatic nitrogens is 1. The summed E-state index contributed by atoms with van der Waals surface area (Å²) in [5, 5.41) is 10.8. The minimum Gasteiger partial charge on any atom is -0.480 e. The molecular weight excluding hydrogens is 319 g/mol. The number of hydrogen-bond donors (Lipinski definition) is 2. The molecule has 1 saturated heterocycles. The summed E-state index contributed by atoms with van der Waals surface area (Å²) in [5.41, 5.74) is 1.78. The zero-order chi connectivity index (χ0) is 18.0. The number of rotatable bonds is 3. The maximum absolute atomic E-state index is 13.5. The van der Waals surface area contributed by atoms with Gasteiger partial charge in [-0.3, -0.25) is 9.69 Å². The molecule has 2 bridgehead atoms. The van der Waals surface area contributed by atoms with Gasteiger partial charge in [0.2, 0.25) is 0 Å². The molecule has 0 spiro atoms. The van der Waals surface area contributed by atoms with Crippen LogP contribution >= 0.6 is 0 Å². The van der Waals surface area contributed by atoms with Gasteiger partial charge in [-0.2, -0.15) is 0 Å². The van der Waals surface area contributed by atoms with E-state index in [2.05, 4.69) is 30.7 Å². The Kier molecular flexibility index (Phi) is 3.52. The fourth-order valence-electron chi connectivity index (χ4n) is 5.61. The molecule has 1 saturated carbocycles. The van der Waals surface area contributed by atoms with Gasteiger partial charge in [-0.05, 0) is 48.3 Å². The second-order valence-electron chi connectivity index (χ2n) is 9.06. The number of hydrogen-bond acceptors (Lipinski definition) is 2. The summed E-state index contributed by atoms with van der Waals surface area (Å²) in [4.78, 5) is 17.4. The van der Waals surface area contributed by atoms with Gasteiger partial charge in [0.15, 0.2) is 0 Å². The lowest BCUT2D eigenvalue weighted by atomic mass is 9.65. The Balaban J connectivity index is 1.76. The van der Waals surface area contributed by atoms with E-state index in [0.29, 0.717) is 5.52 Å². The van der Waals surface area contributed by atoms with E-state index in [1.54, 1.807) is 12.3 Å². The van der Waals surface area contributed by atoms with E-state index in [9.17, 15) is 14.3 Å². The number of H-pyrrole nitrogens is 1. The predicted octanol–water partition coefficient (Wildman–Crippen LogP) is 4.33. The highest BCUT2D eigenvalue weighted by atomic mass is 19.1. The van der Waals surface area contributed by atoms with Crippen molar-refractivity contribution in [2.75, 3.05) is 6.54 Å². The molecule has 25 heavy (non-hydrogen) atoms. The zero-order valence-electron chi connectivity index (χ0n) is 15.0. The van der Waals surface area contributed by atoms with E-state index in [0.717, 1.165) is 36.8 Å². The number of aliphatic carboxylic acids is 1. The fourth-order valence-corrected chi connectivity index (χ4v) is 5.61. The summed E-state index contributed by atoms with van der Waals surface area (Å²) in [6.45, 7) is 7.65. The molecule has 1 aliphatic heterocycles. The third-order valence-electron chi connectivity index (χ3n) is 5.99. The largest absolute Gasteiger partial charge is 0.480 e. The molecule has 1 aliphatic carbocycles. The molecule has 3 atom stereocenters. The van der Waals surface area contributed by atoms with Crippen LogP contribution in [0.4, 0.5) is 4.39 Å². The normalized spacial score (nSPS) is 29.8. The average Bonchev–Trinajstić information content (AvgIpc) is 2.97. The first-order chi connectivity index (χ1) is 11.7. The lowest BCUT2D eigenvalue weighted by Crippen LogP contribution is -2.39. The monoisotopic (exact) mass is 344 g/mol. The summed E-state index contributed by atoms with van der Waals surface area (Å²) in [7, 11) is 0. The van der Waals surface area contributed by atoms with Gasteiger partial charge >= 0.3 is 5.97 Å². The Morgan fingerprint density at radius 2 is 2.12 bits per heavy atom. The molecule has 4 nitrogen and oxygen atoms in total. The molecule has 2 aromatic rings. The van der Waals surface area contributed by atoms with E-state index in [1.165, 1.54) is 12.1 Å². The molecule has 5 heteroatoms. The third-order valence-corrected chi connectivity index (χ3v) is 5.99. The maximum atomic E-state index is 13.5. The van der Waals surface area contributed by atoms with E-state index < -0.39 is 12.0 Å². The van der Waals surface area contributed by atoms with Crippen LogP contribution in [-0.4, -0.2) is 33.5 Å². The summed E-state index contributed by atoms with van der Waals surface area (Å²) < 4.78 is 13.5. The summed E-state index contributed by atoms with van der Waals surface area (Å²) in [6.07, 6.45) is 4.93. The quantitative estimate of drug-likeness (QED) is 0.871. The first-order valence-corrected chi connectivity index (χ1v) is 8.93. The van der Waals surface area contributed by atoms with Crippen LogP contribution in [0, 0.1) is 16.6 Å². The van der Waals surface area contributed by atoms with Crippen molar-refractivity contribution in [1.29, 1.82) is 0 Å². The van der Waals surface area contributed by atoms with Gasteiger partial charge in [-0.1, -0.05) is 20.8 Å². The Labute approximate surface area is 147 Å². The molecule has 4 rings (SSSR count). The van der Waals surface area contributed by atoms with Crippen molar-refractivity contribution in [2.24, 2.45) is 10.8 Å². The van der Waals surface area contributed by atoms with Gasteiger partial charge in [0.05, 0.1) is 0 Å². The Morgan fingerprint density at radius 3 is 2.84 bits per heavy atom. The van der Waals surface area contributed by atoms with Crippen molar-refractivity contribution in [3.8, 4) is 0 Å². The lowest BCUT2D eigenvalue weighted by Gasteiger charge is -2.40. The highest BCUT2D eigenvalue weighted by molar-refractivity contribution is 5.89. The number of aromatic amines is 1. The Morgan fingerprint density at radius 1 is 1.36 bits per heavy atom. The molecule has 0 radical (unpaired) electrons. The van der Waals surface area contributed by atoms with Gasteiger partial charge in [-0.25, -0.2) is 4.39 Å². The first kappa shape index (κ1) is 16.6. The van der Waals surface area contributed by atoms with Crippen molar-refractivity contribution in [2.45, 2.75) is 52.1 Å². The molecule has 2 aliphatic rings. The van der Waals surface area contributed by atoms with E-state index in [4.69, 9.17) is 0 Å². The van der Waals surface area contributed by atoms with Crippen molar-refractivity contribution >= 4 is 16.9 Å². The van der Waals surface area contributed by atoms with Crippen LogP contribution in [0.2, 0.25) is 0 Å². The molecule has 0 amide bonds. The molecule has 2 fully saturated rings. The molecule has 1 aromatic carbocycles. The highest BCUT2D eigenvalue weighted by Gasteiger charge is 2.52. The van der Waals surface area contributed by atoms with Crippen LogP contribution in [0.1, 0.15) is 51.6 Å². The number of nitrogens with one attached hydrogen (secondary N) is 1. The number of nitrogens with zero attached hydrogens (tertiary/aromatic N) is 1.